The van der Waals surface area contributed by atoms with E-state index in [4.69, 9.17) is 0 Å². The lowest BCUT2D eigenvalue weighted by atomic mass is 9.99. The molecule has 2 rings (SSSR count). The molecule has 15 heavy (non-hydrogen) atoms. The van der Waals surface area contributed by atoms with Gasteiger partial charge in [0.05, 0.1) is 5.69 Å². The summed E-state index contributed by atoms with van der Waals surface area (Å²) in [5, 5.41) is 1.80. The molecule has 0 unspecified atom stereocenters. The second-order valence-corrected chi connectivity index (χ2v) is 4.53. The number of allylic oxidation sites excluding steroid dienone is 1. The number of aromatic nitrogens is 1. The van der Waals surface area contributed by atoms with Crippen molar-refractivity contribution in [3.8, 4) is 0 Å². The number of hydrogen-bond donors (Lipinski definition) is 1. The summed E-state index contributed by atoms with van der Waals surface area (Å²) in [6.45, 7) is 2.03. The molecule has 1 aliphatic rings. The molecule has 1 heterocycles. The van der Waals surface area contributed by atoms with Crippen LogP contribution in [0.2, 0.25) is 0 Å². The largest absolute Gasteiger partial charge is 0.256 e. The van der Waals surface area contributed by atoms with Gasteiger partial charge in [0.25, 0.3) is 0 Å². The Bertz CT molecular complexity index is 347. The lowest BCUT2D eigenvalue weighted by Gasteiger charge is -2.09. The van der Waals surface area contributed by atoms with Crippen LogP contribution in [0.15, 0.2) is 23.7 Å². The fourth-order valence-electron chi connectivity index (χ4n) is 2.21. The van der Waals surface area contributed by atoms with Gasteiger partial charge >= 0.3 is 0 Å². The Morgan fingerprint density at radius 3 is 2.67 bits per heavy atom. The molecule has 1 aliphatic carbocycles. The van der Waals surface area contributed by atoms with Crippen LogP contribution in [-0.2, 0) is 0 Å². The Labute approximate surface area is 97.0 Å². The van der Waals surface area contributed by atoms with E-state index in [1.165, 1.54) is 31.2 Å². The Kier molecular flexibility index (Phi) is 3.47. The molecule has 0 aromatic carbocycles. The highest BCUT2D eigenvalue weighted by atomic mass is 32.1. The Hall–Kier alpha value is -0.760. The number of pyridine rings is 1. The molecule has 0 saturated heterocycles. The summed E-state index contributed by atoms with van der Waals surface area (Å²) in [5.74, 6) is 0.756. The van der Waals surface area contributed by atoms with Crippen LogP contribution in [0, 0.1) is 0 Å². The average Bonchev–Trinajstić information content (AvgIpc) is 2.82. The van der Waals surface area contributed by atoms with Gasteiger partial charge in [0.1, 0.15) is 0 Å². The standard InChI is InChI=1S/C13H17NS/c1-10(9-15)13-7-6-12(8-14-13)11-4-2-3-5-11/h6-9,11,15H,2-5H2,1H3/b10-9-. The van der Waals surface area contributed by atoms with Crippen LogP contribution in [0.4, 0.5) is 0 Å². The summed E-state index contributed by atoms with van der Waals surface area (Å²) < 4.78 is 0. The predicted octanol–water partition coefficient (Wildman–Crippen LogP) is 4.03. The topological polar surface area (TPSA) is 12.9 Å². The molecule has 0 atom stereocenters. The maximum absolute atomic E-state index is 4.48. The van der Waals surface area contributed by atoms with E-state index >= 15 is 0 Å². The minimum Gasteiger partial charge on any atom is -0.256 e. The van der Waals surface area contributed by atoms with Crippen LogP contribution in [0.1, 0.15) is 49.8 Å². The van der Waals surface area contributed by atoms with Gasteiger partial charge in [-0.3, -0.25) is 4.98 Å². The highest BCUT2D eigenvalue weighted by Gasteiger charge is 2.16. The van der Waals surface area contributed by atoms with Gasteiger partial charge in [0.15, 0.2) is 0 Å². The van der Waals surface area contributed by atoms with Crippen molar-refractivity contribution in [2.45, 2.75) is 38.5 Å². The zero-order chi connectivity index (χ0) is 10.7. The van der Waals surface area contributed by atoms with Crippen LogP contribution < -0.4 is 0 Å². The van der Waals surface area contributed by atoms with Gasteiger partial charge in [-0.1, -0.05) is 18.9 Å². The summed E-state index contributed by atoms with van der Waals surface area (Å²) in [4.78, 5) is 4.48. The molecule has 1 aromatic heterocycles. The van der Waals surface area contributed by atoms with Gasteiger partial charge in [-0.15, -0.1) is 0 Å². The molecule has 80 valence electrons. The van der Waals surface area contributed by atoms with Crippen molar-refractivity contribution >= 4 is 18.2 Å². The van der Waals surface area contributed by atoms with Crippen molar-refractivity contribution in [3.63, 3.8) is 0 Å². The number of rotatable bonds is 2. The predicted molar refractivity (Wildman–Crippen MR) is 68.1 cm³/mol. The minimum absolute atomic E-state index is 0.756. The zero-order valence-electron chi connectivity index (χ0n) is 9.11. The van der Waals surface area contributed by atoms with E-state index in [0.29, 0.717) is 0 Å². The first kappa shape index (κ1) is 10.7. The molecule has 0 N–H and O–H groups in total. The molecule has 0 bridgehead atoms. The van der Waals surface area contributed by atoms with E-state index in [9.17, 15) is 0 Å². The van der Waals surface area contributed by atoms with Gasteiger partial charge in [-0.05, 0) is 48.3 Å². The lowest BCUT2D eigenvalue weighted by molar-refractivity contribution is 0.719. The normalized spacial score (nSPS) is 18.4. The quantitative estimate of drug-likeness (QED) is 0.741. The van der Waals surface area contributed by atoms with Crippen LogP contribution >= 0.6 is 12.6 Å². The fourth-order valence-corrected chi connectivity index (χ4v) is 2.34. The Morgan fingerprint density at radius 1 is 1.40 bits per heavy atom. The molecule has 1 saturated carbocycles. The maximum atomic E-state index is 4.48. The third-order valence-electron chi connectivity index (χ3n) is 3.21. The lowest BCUT2D eigenvalue weighted by Crippen LogP contribution is -1.94. The third kappa shape index (κ3) is 2.43. The molecule has 0 amide bonds. The summed E-state index contributed by atoms with van der Waals surface area (Å²) in [6.07, 6.45) is 7.46. The SMILES string of the molecule is C/C(=C/S)c1ccc(C2CCCC2)cn1. The summed E-state index contributed by atoms with van der Waals surface area (Å²) >= 11 is 4.14. The number of nitrogens with zero attached hydrogens (tertiary/aromatic N) is 1. The fraction of sp³-hybridized carbons (Fsp3) is 0.462. The monoisotopic (exact) mass is 219 g/mol. The van der Waals surface area contributed by atoms with Gasteiger partial charge < -0.3 is 0 Å². The first-order valence-electron chi connectivity index (χ1n) is 5.58. The van der Waals surface area contributed by atoms with E-state index in [2.05, 4.69) is 29.7 Å². The van der Waals surface area contributed by atoms with Gasteiger partial charge in [0, 0.05) is 6.20 Å². The second kappa shape index (κ2) is 4.84. The molecule has 2 heteroatoms. The highest BCUT2D eigenvalue weighted by Crippen LogP contribution is 2.33. The van der Waals surface area contributed by atoms with Crippen LogP contribution in [0.3, 0.4) is 0 Å². The first-order valence-corrected chi connectivity index (χ1v) is 6.10. The van der Waals surface area contributed by atoms with E-state index in [0.717, 1.165) is 17.2 Å². The van der Waals surface area contributed by atoms with E-state index in [1.807, 2.05) is 13.1 Å². The van der Waals surface area contributed by atoms with Crippen molar-refractivity contribution in [3.05, 3.63) is 35.0 Å². The summed E-state index contributed by atoms with van der Waals surface area (Å²) in [7, 11) is 0. The van der Waals surface area contributed by atoms with E-state index < -0.39 is 0 Å². The molecule has 0 spiro atoms. The van der Waals surface area contributed by atoms with Crippen molar-refractivity contribution in [1.29, 1.82) is 0 Å². The van der Waals surface area contributed by atoms with Crippen LogP contribution in [-0.4, -0.2) is 4.98 Å². The Balaban J connectivity index is 2.16. The van der Waals surface area contributed by atoms with Gasteiger partial charge in [0.2, 0.25) is 0 Å². The minimum atomic E-state index is 0.756. The molecule has 0 radical (unpaired) electrons. The summed E-state index contributed by atoms with van der Waals surface area (Å²) in [5.41, 5.74) is 3.56. The molecular formula is C13H17NS. The molecule has 1 aromatic rings. The smallest absolute Gasteiger partial charge is 0.0664 e. The molecule has 0 aliphatic heterocycles. The number of hydrogen-bond acceptors (Lipinski definition) is 2. The van der Waals surface area contributed by atoms with Crippen molar-refractivity contribution in [2.24, 2.45) is 0 Å². The second-order valence-electron chi connectivity index (χ2n) is 4.27. The summed E-state index contributed by atoms with van der Waals surface area (Å²) in [6, 6.07) is 4.33. The molecule has 1 nitrogen and oxygen atoms in total. The Morgan fingerprint density at radius 2 is 2.13 bits per heavy atom. The highest BCUT2D eigenvalue weighted by molar-refractivity contribution is 7.83. The maximum Gasteiger partial charge on any atom is 0.0664 e. The van der Waals surface area contributed by atoms with Crippen molar-refractivity contribution in [1.82, 2.24) is 4.98 Å². The van der Waals surface area contributed by atoms with Crippen LogP contribution in [0.5, 0.6) is 0 Å². The van der Waals surface area contributed by atoms with Crippen LogP contribution in [0.25, 0.3) is 5.57 Å². The zero-order valence-corrected chi connectivity index (χ0v) is 10.0. The van der Waals surface area contributed by atoms with E-state index in [1.54, 1.807) is 5.41 Å². The average molecular weight is 219 g/mol. The first-order chi connectivity index (χ1) is 7.31. The third-order valence-corrected chi connectivity index (χ3v) is 3.60. The van der Waals surface area contributed by atoms with Crippen molar-refractivity contribution < 1.29 is 0 Å². The van der Waals surface area contributed by atoms with Crippen molar-refractivity contribution in [2.75, 3.05) is 0 Å². The van der Waals surface area contributed by atoms with Gasteiger partial charge in [-0.25, -0.2) is 0 Å². The van der Waals surface area contributed by atoms with E-state index in [-0.39, 0.29) is 0 Å². The molecular weight excluding hydrogens is 202 g/mol. The molecule has 1 fully saturated rings. The van der Waals surface area contributed by atoms with Gasteiger partial charge in [-0.2, -0.15) is 12.6 Å². The number of thiol groups is 1.